The monoisotopic (exact) mass is 1980 g/mol. The van der Waals surface area contributed by atoms with Crippen LogP contribution in [-0.4, -0.2) is 182 Å². The summed E-state index contributed by atoms with van der Waals surface area (Å²) in [6, 6.07) is 53.8. The van der Waals surface area contributed by atoms with Crippen molar-refractivity contribution in [2.75, 3.05) is 53.7 Å². The zero-order valence-electron chi connectivity index (χ0n) is 88.0. The van der Waals surface area contributed by atoms with Gasteiger partial charge in [0, 0.05) is 31.8 Å². The Bertz CT molecular complexity index is 4120. The van der Waals surface area contributed by atoms with Gasteiger partial charge in [-0.2, -0.15) is 0 Å². The highest BCUT2D eigenvalue weighted by atomic mass is 16.7. The van der Waals surface area contributed by atoms with Gasteiger partial charge < -0.3 is 94.2 Å². The van der Waals surface area contributed by atoms with Gasteiger partial charge in [-0.05, 0) is 96.9 Å². The van der Waals surface area contributed by atoms with Crippen LogP contribution in [0.4, 0.5) is 0 Å². The Morgan fingerprint density at radius 2 is 0.690 bits per heavy atom. The summed E-state index contributed by atoms with van der Waals surface area (Å²) in [6.07, 6.45) is 39.8. The Hall–Kier alpha value is -7.72. The number of carbonyl (C=O) groups excluding carboxylic acids is 4. The van der Waals surface area contributed by atoms with Crippen LogP contribution in [-0.2, 0) is 73.9 Å². The van der Waals surface area contributed by atoms with Crippen LogP contribution in [0, 0.1) is 17.8 Å². The lowest BCUT2D eigenvalue weighted by Crippen LogP contribution is -2.60. The molecule has 796 valence electrons. The maximum atomic E-state index is 14.3. The minimum atomic E-state index is -1.62. The van der Waals surface area contributed by atoms with Gasteiger partial charge in [-0.1, -0.05) is 424 Å². The number of unbranched alkanes of at least 4 members (excludes halogenated alkanes) is 38. The molecule has 23 nitrogen and oxygen atoms in total. The van der Waals surface area contributed by atoms with Gasteiger partial charge >= 0.3 is 0 Å². The third-order valence-electron chi connectivity index (χ3n) is 28.4. The number of amides is 4. The number of carbonyl (C=O) groups is 4. The summed E-state index contributed by atoms with van der Waals surface area (Å²) in [5.74, 6) is 1.43. The quantitative estimate of drug-likeness (QED) is 0.0160. The molecule has 6 aromatic rings. The molecule has 6 aromatic carbocycles. The number of nitrogens with one attached hydrogen (secondary N) is 4. The van der Waals surface area contributed by atoms with Crippen LogP contribution in [0.25, 0.3) is 0 Å². The Morgan fingerprint density at radius 3 is 1.11 bits per heavy atom. The van der Waals surface area contributed by atoms with E-state index in [4.69, 9.17) is 47.4 Å². The molecule has 0 aromatic heterocycles. The van der Waals surface area contributed by atoms with Crippen LogP contribution in [0.15, 0.2) is 170 Å². The number of aliphatic hydroxyl groups is 5. The summed E-state index contributed by atoms with van der Waals surface area (Å²) in [5.41, 5.74) is 5.38. The molecule has 0 saturated carbocycles. The highest BCUT2D eigenvalue weighted by Gasteiger charge is 2.46. The summed E-state index contributed by atoms with van der Waals surface area (Å²) < 4.78 is 62.6. The van der Waals surface area contributed by atoms with Crippen molar-refractivity contribution in [3.05, 3.63) is 203 Å². The molecule has 2 saturated heterocycles. The molecule has 9 N–H and O–H groups in total. The first-order valence-corrected chi connectivity index (χ1v) is 55.3. The minimum Gasteiger partial charge on any atom is -0.496 e. The van der Waals surface area contributed by atoms with Gasteiger partial charge in [-0.15, -0.1) is 0 Å². The number of hydrogen-bond donors (Lipinski definition) is 9. The largest absolute Gasteiger partial charge is 0.496 e. The molecule has 2 heterocycles. The number of rotatable bonds is 80. The minimum absolute atomic E-state index is 0.00803. The van der Waals surface area contributed by atoms with Gasteiger partial charge in [0.2, 0.25) is 11.8 Å². The summed E-state index contributed by atoms with van der Waals surface area (Å²) in [5, 5.41) is 65.4. The summed E-state index contributed by atoms with van der Waals surface area (Å²) >= 11 is 0. The molecule has 4 unspecified atom stereocenters. The van der Waals surface area contributed by atoms with Crippen LogP contribution < -0.4 is 30.7 Å². The summed E-state index contributed by atoms with van der Waals surface area (Å²) in [4.78, 5) is 52.8. The molecule has 0 spiro atoms. The average molecular weight is 1980 g/mol. The number of para-hydroxylation sites is 2. The number of methoxy groups -OCH3 is 2. The first-order valence-electron chi connectivity index (χ1n) is 55.3. The third-order valence-corrected chi connectivity index (χ3v) is 28.4. The molecular formula is C119H186N4O19. The van der Waals surface area contributed by atoms with Gasteiger partial charge in [0.1, 0.15) is 48.1 Å². The van der Waals surface area contributed by atoms with Gasteiger partial charge in [-0.25, -0.2) is 0 Å². The van der Waals surface area contributed by atoms with Gasteiger partial charge in [0.05, 0.1) is 109 Å². The van der Waals surface area contributed by atoms with Crippen molar-refractivity contribution in [3.63, 3.8) is 0 Å². The highest BCUT2D eigenvalue weighted by Crippen LogP contribution is 2.37. The summed E-state index contributed by atoms with van der Waals surface area (Å²) in [6.45, 7) is 14.0. The van der Waals surface area contributed by atoms with Gasteiger partial charge in [0.25, 0.3) is 11.8 Å². The molecule has 0 aliphatic carbocycles. The zero-order chi connectivity index (χ0) is 101. The second kappa shape index (κ2) is 76.8. The van der Waals surface area contributed by atoms with Gasteiger partial charge in [0.15, 0.2) is 12.6 Å². The van der Waals surface area contributed by atoms with E-state index >= 15 is 0 Å². The first-order chi connectivity index (χ1) is 69.5. The number of benzene rings is 6. The van der Waals surface area contributed by atoms with E-state index in [0.29, 0.717) is 87.3 Å². The van der Waals surface area contributed by atoms with Crippen molar-refractivity contribution in [1.29, 1.82) is 0 Å². The molecule has 2 aliphatic rings. The van der Waals surface area contributed by atoms with E-state index in [9.17, 15) is 44.7 Å². The maximum absolute atomic E-state index is 14.3. The Labute approximate surface area is 854 Å². The predicted octanol–water partition coefficient (Wildman–Crippen LogP) is 23.6. The first kappa shape index (κ1) is 121. The third kappa shape index (κ3) is 50.1. The van der Waals surface area contributed by atoms with Crippen molar-refractivity contribution in [2.45, 2.75) is 436 Å². The van der Waals surface area contributed by atoms with Crippen molar-refractivity contribution < 1.29 is 92.1 Å². The number of aliphatic hydroxyl groups excluding tert-OH is 5. The molecule has 23 heteroatoms. The Balaban J connectivity index is 0.000000394. The van der Waals surface area contributed by atoms with E-state index in [1.165, 1.54) is 135 Å². The van der Waals surface area contributed by atoms with Crippen molar-refractivity contribution in [2.24, 2.45) is 17.8 Å². The summed E-state index contributed by atoms with van der Waals surface area (Å²) in [7, 11) is 3.15. The molecule has 0 bridgehead atoms. The van der Waals surface area contributed by atoms with Crippen LogP contribution >= 0.6 is 0 Å². The molecular weight excluding hydrogens is 1790 g/mol. The molecule has 142 heavy (non-hydrogen) atoms. The van der Waals surface area contributed by atoms with E-state index in [-0.39, 0.29) is 73.9 Å². The van der Waals surface area contributed by atoms with Crippen molar-refractivity contribution in [3.8, 4) is 11.5 Å². The van der Waals surface area contributed by atoms with Crippen LogP contribution in [0.1, 0.15) is 373 Å². The second-order valence-corrected chi connectivity index (χ2v) is 39.9. The SMILES string of the molecule is CCCCCCCCCCCCCC[C@@H](OCc1ccccc1)[C@@H](O)[C@H](CO[C@H]1OC(CO)[C@H](O)[C@H](O)C1O)NC(=O)CCCCCCCCCCCNC(=O)c1ccccc1OC.CCCCCCCCCCCCCC[C@@H](OCc1ccccc1)[C@@H](OCc1ccccc1)[C@H](CO[C@H]1OC(COCc2ccccc2)[C@H](C)[C@H](C)C1C)NC(=O)CCCCCCCCCCCNC(=O)c1ccccc1OC. The maximum Gasteiger partial charge on any atom is 0.255 e. The van der Waals surface area contributed by atoms with Crippen molar-refractivity contribution >= 4 is 23.6 Å². The van der Waals surface area contributed by atoms with Crippen LogP contribution in [0.5, 0.6) is 11.5 Å². The zero-order valence-corrected chi connectivity index (χ0v) is 88.0. The predicted molar refractivity (Wildman–Crippen MR) is 567 cm³/mol. The molecule has 8 rings (SSSR count). The molecule has 0 radical (unpaired) electrons. The van der Waals surface area contributed by atoms with E-state index in [1.807, 2.05) is 103 Å². The fourth-order valence-corrected chi connectivity index (χ4v) is 19.0. The lowest BCUT2D eigenvalue weighted by atomic mass is 9.79. The second-order valence-electron chi connectivity index (χ2n) is 39.9. The van der Waals surface area contributed by atoms with Gasteiger partial charge in [-0.3, -0.25) is 19.2 Å². The molecule has 4 amide bonds. The van der Waals surface area contributed by atoms with E-state index in [1.54, 1.807) is 32.4 Å². The standard InChI is InChI=1S/C68H102N2O8.C51H84N2O11/c1-6-7-8-9-10-11-12-13-15-18-21-33-46-63(75-50-58-40-29-25-30-41-58)66(76-51-59-42-31-26-32-43-59)61(52-77-68-56(4)54(2)55(3)64(78-68)53-74-49-57-38-27-24-28-39-57)70-65(71)47-34-22-19-16-14-17-20-23-37-48-69-67(72)60-44-35-36-45-62(60)73-5;1-3-4-5-6-7-8-9-10-12-15-18-24-33-43(62-37-39-29-22-21-23-30-39)46(56)41(38-63-51-49(59)48(58)47(57)44(36-54)64-51)53-45(55)34-25-19-16-13-11-14-17-20-28-35-52-50(60)40-31-26-27-32-42(40)61-2/h24-32,35-36,38-45,54-56,61,63-64,66,68H,6-23,33-34,37,46-53H2,1-5H3,(H,69,72)(H,70,71);21-23,26-27,29-32,41,43-44,46-49,51,54,56-59H,3-20,24-25,28,33-38H2,1-2H3,(H,52,60)(H,53,55)/t54-,55+,56?,61-,63+,64?,66-,68-;41-,43+,44?,46-,47-,48-,49?,51-/m00/s1. The normalized spacial score (nSPS) is 19.2. The average Bonchev–Trinajstić information content (AvgIpc) is 0.809. The highest BCUT2D eigenvalue weighted by molar-refractivity contribution is 5.97. The van der Waals surface area contributed by atoms with E-state index in [0.717, 1.165) is 157 Å². The van der Waals surface area contributed by atoms with E-state index < -0.39 is 74.0 Å². The smallest absolute Gasteiger partial charge is 0.255 e. The topological polar surface area (TPSA) is 310 Å². The molecule has 16 atom stereocenters. The fraction of sp³-hybridized carbons (Fsp3) is 0.664. The molecule has 2 fully saturated rings. The van der Waals surface area contributed by atoms with Crippen molar-refractivity contribution in [1.82, 2.24) is 21.3 Å². The van der Waals surface area contributed by atoms with Crippen LogP contribution in [0.2, 0.25) is 0 Å². The number of ether oxygens (including phenoxy) is 10. The fourth-order valence-electron chi connectivity index (χ4n) is 19.0. The number of hydrogen-bond acceptors (Lipinski definition) is 19. The Kier molecular flexibility index (Phi) is 65.5. The molecule has 2 aliphatic heterocycles. The lowest BCUT2D eigenvalue weighted by molar-refractivity contribution is -0.303. The Morgan fingerprint density at radius 1 is 0.352 bits per heavy atom. The lowest BCUT2D eigenvalue weighted by Gasteiger charge is -2.44. The van der Waals surface area contributed by atoms with E-state index in [2.05, 4.69) is 104 Å². The van der Waals surface area contributed by atoms with Crippen LogP contribution in [0.3, 0.4) is 0 Å².